The van der Waals surface area contributed by atoms with E-state index >= 15 is 0 Å². The van der Waals surface area contributed by atoms with Crippen LogP contribution in [0.5, 0.6) is 11.5 Å². The van der Waals surface area contributed by atoms with Crippen molar-refractivity contribution in [2.24, 2.45) is 0 Å². The molecule has 0 radical (unpaired) electrons. The topological polar surface area (TPSA) is 47.6 Å². The van der Waals surface area contributed by atoms with Crippen LogP contribution in [0.25, 0.3) is 0 Å². The van der Waals surface area contributed by atoms with Gasteiger partial charge in [-0.3, -0.25) is 4.79 Å². The van der Waals surface area contributed by atoms with Gasteiger partial charge in [-0.25, -0.2) is 0 Å². The summed E-state index contributed by atoms with van der Waals surface area (Å²) in [5.74, 6) is 0.982. The molecule has 0 fully saturated rings. The Bertz CT molecular complexity index is 662. The first kappa shape index (κ1) is 15.9. The Kier molecular flexibility index (Phi) is 4.71. The minimum Gasteiger partial charge on any atom is -0.497 e. The second-order valence-corrected chi connectivity index (χ2v) is 5.33. The number of benzene rings is 2. The third kappa shape index (κ3) is 3.39. The van der Waals surface area contributed by atoms with Crippen molar-refractivity contribution in [3.05, 3.63) is 52.6 Å². The van der Waals surface area contributed by atoms with E-state index in [0.29, 0.717) is 17.1 Å². The maximum atomic E-state index is 12.5. The molecule has 1 N–H and O–H groups in total. The Labute approximate surface area is 131 Å². The molecule has 1 amide bonds. The summed E-state index contributed by atoms with van der Waals surface area (Å²) in [6.07, 6.45) is 0. The Hall–Kier alpha value is -2.49. The average molecular weight is 299 g/mol. The number of methoxy groups -OCH3 is 2. The Morgan fingerprint density at radius 1 is 0.864 bits per heavy atom. The van der Waals surface area contributed by atoms with Crippen LogP contribution in [0.2, 0.25) is 0 Å². The zero-order valence-electron chi connectivity index (χ0n) is 13.6. The van der Waals surface area contributed by atoms with E-state index in [4.69, 9.17) is 9.47 Å². The summed E-state index contributed by atoms with van der Waals surface area (Å²) in [5.41, 5.74) is 4.60. The average Bonchev–Trinajstić information content (AvgIpc) is 2.49. The van der Waals surface area contributed by atoms with Gasteiger partial charge in [-0.1, -0.05) is 17.7 Å². The highest BCUT2D eigenvalue weighted by Gasteiger charge is 2.13. The molecule has 0 aliphatic heterocycles. The number of carbonyl (C=O) groups is 1. The van der Waals surface area contributed by atoms with Crippen molar-refractivity contribution < 1.29 is 14.3 Å². The third-order valence-electron chi connectivity index (χ3n) is 3.53. The molecule has 116 valence electrons. The lowest BCUT2D eigenvalue weighted by atomic mass is 10.0. The molecule has 2 rings (SSSR count). The van der Waals surface area contributed by atoms with Crippen LogP contribution in [0, 0.1) is 20.8 Å². The van der Waals surface area contributed by atoms with Crippen molar-refractivity contribution >= 4 is 11.6 Å². The number of ether oxygens (including phenoxy) is 2. The molecule has 0 aliphatic rings. The fraction of sp³-hybridized carbons (Fsp3) is 0.278. The van der Waals surface area contributed by atoms with E-state index in [0.717, 1.165) is 16.8 Å². The first-order valence-electron chi connectivity index (χ1n) is 7.07. The molecule has 2 aromatic rings. The summed E-state index contributed by atoms with van der Waals surface area (Å²) in [7, 11) is 3.12. The van der Waals surface area contributed by atoms with Gasteiger partial charge in [0, 0.05) is 17.3 Å². The largest absolute Gasteiger partial charge is 0.497 e. The van der Waals surface area contributed by atoms with Crippen LogP contribution in [0.1, 0.15) is 27.0 Å². The molecule has 0 spiro atoms. The molecule has 0 saturated heterocycles. The van der Waals surface area contributed by atoms with Gasteiger partial charge in [-0.15, -0.1) is 0 Å². The molecule has 0 saturated carbocycles. The molecule has 0 bridgehead atoms. The van der Waals surface area contributed by atoms with E-state index in [2.05, 4.69) is 17.4 Å². The quantitative estimate of drug-likeness (QED) is 0.932. The minimum absolute atomic E-state index is 0.188. The molecular formula is C18H21NO3. The number of anilines is 1. The van der Waals surface area contributed by atoms with Gasteiger partial charge in [0.2, 0.25) is 0 Å². The lowest BCUT2D eigenvalue weighted by Crippen LogP contribution is -2.14. The highest BCUT2D eigenvalue weighted by atomic mass is 16.5. The van der Waals surface area contributed by atoms with Gasteiger partial charge < -0.3 is 14.8 Å². The number of rotatable bonds is 4. The fourth-order valence-corrected chi connectivity index (χ4v) is 2.50. The molecular weight excluding hydrogens is 278 g/mol. The number of aryl methyl sites for hydroxylation is 3. The lowest BCUT2D eigenvalue weighted by molar-refractivity contribution is 0.102. The first-order chi connectivity index (χ1) is 10.4. The van der Waals surface area contributed by atoms with Crippen molar-refractivity contribution in [3.8, 4) is 11.5 Å². The monoisotopic (exact) mass is 299 g/mol. The van der Waals surface area contributed by atoms with Crippen LogP contribution in [-0.2, 0) is 0 Å². The van der Waals surface area contributed by atoms with E-state index in [1.165, 1.54) is 5.56 Å². The Morgan fingerprint density at radius 3 is 1.82 bits per heavy atom. The SMILES string of the molecule is COc1cc(OC)cc(C(=O)Nc2c(C)cc(C)cc2C)c1. The molecule has 0 heterocycles. The van der Waals surface area contributed by atoms with Crippen molar-refractivity contribution in [2.75, 3.05) is 19.5 Å². The van der Waals surface area contributed by atoms with E-state index in [9.17, 15) is 4.79 Å². The van der Waals surface area contributed by atoms with Gasteiger partial charge in [0.15, 0.2) is 0 Å². The van der Waals surface area contributed by atoms with Crippen molar-refractivity contribution in [1.82, 2.24) is 0 Å². The van der Waals surface area contributed by atoms with Crippen molar-refractivity contribution in [1.29, 1.82) is 0 Å². The number of hydrogen-bond donors (Lipinski definition) is 1. The maximum Gasteiger partial charge on any atom is 0.255 e. The van der Waals surface area contributed by atoms with E-state index < -0.39 is 0 Å². The molecule has 4 heteroatoms. The van der Waals surface area contributed by atoms with Gasteiger partial charge in [0.05, 0.1) is 14.2 Å². The highest BCUT2D eigenvalue weighted by Crippen LogP contribution is 2.25. The third-order valence-corrected chi connectivity index (χ3v) is 3.53. The number of hydrogen-bond acceptors (Lipinski definition) is 3. The molecule has 4 nitrogen and oxygen atoms in total. The number of carbonyl (C=O) groups excluding carboxylic acids is 1. The van der Waals surface area contributed by atoms with Gasteiger partial charge in [-0.05, 0) is 44.0 Å². The predicted molar refractivity (Wildman–Crippen MR) is 88.2 cm³/mol. The van der Waals surface area contributed by atoms with Crippen LogP contribution in [-0.4, -0.2) is 20.1 Å². The standard InChI is InChI=1S/C18H21NO3/c1-11-6-12(2)17(13(3)7-11)19-18(20)14-8-15(21-4)10-16(9-14)22-5/h6-10H,1-5H3,(H,19,20). The zero-order chi connectivity index (χ0) is 16.3. The second-order valence-electron chi connectivity index (χ2n) is 5.33. The minimum atomic E-state index is -0.188. The molecule has 0 aliphatic carbocycles. The zero-order valence-corrected chi connectivity index (χ0v) is 13.6. The van der Waals surface area contributed by atoms with Crippen LogP contribution in [0.3, 0.4) is 0 Å². The van der Waals surface area contributed by atoms with E-state index in [1.54, 1.807) is 32.4 Å². The van der Waals surface area contributed by atoms with Gasteiger partial charge in [-0.2, -0.15) is 0 Å². The number of amides is 1. The normalized spacial score (nSPS) is 10.2. The second kappa shape index (κ2) is 6.52. The van der Waals surface area contributed by atoms with Gasteiger partial charge in [0.25, 0.3) is 5.91 Å². The molecule has 0 atom stereocenters. The highest BCUT2D eigenvalue weighted by molar-refractivity contribution is 6.05. The van der Waals surface area contributed by atoms with Gasteiger partial charge >= 0.3 is 0 Å². The smallest absolute Gasteiger partial charge is 0.255 e. The van der Waals surface area contributed by atoms with E-state index in [1.807, 2.05) is 20.8 Å². The summed E-state index contributed by atoms with van der Waals surface area (Å²) >= 11 is 0. The lowest BCUT2D eigenvalue weighted by Gasteiger charge is -2.14. The summed E-state index contributed by atoms with van der Waals surface area (Å²) in [6, 6.07) is 9.22. The van der Waals surface area contributed by atoms with Crippen molar-refractivity contribution in [2.45, 2.75) is 20.8 Å². The molecule has 2 aromatic carbocycles. The van der Waals surface area contributed by atoms with Crippen LogP contribution in [0.15, 0.2) is 30.3 Å². The van der Waals surface area contributed by atoms with Gasteiger partial charge in [0.1, 0.15) is 11.5 Å². The summed E-state index contributed by atoms with van der Waals surface area (Å²) in [4.78, 5) is 12.5. The Balaban J connectivity index is 2.34. The molecule has 0 unspecified atom stereocenters. The first-order valence-corrected chi connectivity index (χ1v) is 7.07. The summed E-state index contributed by atoms with van der Waals surface area (Å²) < 4.78 is 10.4. The summed E-state index contributed by atoms with van der Waals surface area (Å²) in [6.45, 7) is 6.02. The van der Waals surface area contributed by atoms with Crippen LogP contribution >= 0.6 is 0 Å². The van der Waals surface area contributed by atoms with Crippen molar-refractivity contribution in [3.63, 3.8) is 0 Å². The maximum absolute atomic E-state index is 12.5. The predicted octanol–water partition coefficient (Wildman–Crippen LogP) is 3.88. The van der Waals surface area contributed by atoms with E-state index in [-0.39, 0.29) is 5.91 Å². The fourth-order valence-electron chi connectivity index (χ4n) is 2.50. The van der Waals surface area contributed by atoms with Crippen LogP contribution < -0.4 is 14.8 Å². The van der Waals surface area contributed by atoms with Crippen LogP contribution in [0.4, 0.5) is 5.69 Å². The number of nitrogens with one attached hydrogen (secondary N) is 1. The molecule has 22 heavy (non-hydrogen) atoms. The Morgan fingerprint density at radius 2 is 1.36 bits per heavy atom. The summed E-state index contributed by atoms with van der Waals surface area (Å²) in [5, 5.41) is 2.97. The molecule has 0 aromatic heterocycles.